The van der Waals surface area contributed by atoms with Gasteiger partial charge in [0.25, 0.3) is 0 Å². The lowest BCUT2D eigenvalue weighted by atomic mass is 10.1. The number of aliphatic hydroxyl groups excluding tert-OH is 1. The first-order valence-electron chi connectivity index (χ1n) is 5.17. The van der Waals surface area contributed by atoms with Crippen molar-refractivity contribution < 1.29 is 5.11 Å². The summed E-state index contributed by atoms with van der Waals surface area (Å²) in [6.07, 6.45) is 4.84. The average molecular weight is 205 g/mol. The maximum atomic E-state index is 8.55. The highest BCUT2D eigenvalue weighted by molar-refractivity contribution is 7.99. The predicted molar refractivity (Wildman–Crippen MR) is 61.4 cm³/mol. The molecule has 0 amide bonds. The topological polar surface area (TPSA) is 32.3 Å². The number of unbranched alkanes of at least 4 members (excludes halogenated alkanes) is 1. The van der Waals surface area contributed by atoms with Crippen LogP contribution < -0.4 is 5.32 Å². The third-order valence-electron chi connectivity index (χ3n) is 2.12. The van der Waals surface area contributed by atoms with Gasteiger partial charge in [0.2, 0.25) is 0 Å². The molecule has 0 saturated heterocycles. The fourth-order valence-corrected chi connectivity index (χ4v) is 2.01. The molecule has 0 aliphatic carbocycles. The second kappa shape index (κ2) is 10.4. The quantitative estimate of drug-likeness (QED) is 0.564. The maximum absolute atomic E-state index is 8.55. The summed E-state index contributed by atoms with van der Waals surface area (Å²) in [5.41, 5.74) is 0. The van der Waals surface area contributed by atoms with Gasteiger partial charge >= 0.3 is 0 Å². The van der Waals surface area contributed by atoms with E-state index in [2.05, 4.69) is 12.2 Å². The average Bonchev–Trinajstić information content (AvgIpc) is 2.16. The van der Waals surface area contributed by atoms with E-state index in [0.717, 1.165) is 12.2 Å². The zero-order valence-corrected chi connectivity index (χ0v) is 9.70. The monoisotopic (exact) mass is 205 g/mol. The minimum atomic E-state index is 0.337. The van der Waals surface area contributed by atoms with Crippen molar-refractivity contribution in [1.82, 2.24) is 5.32 Å². The lowest BCUT2D eigenvalue weighted by Gasteiger charge is -2.08. The van der Waals surface area contributed by atoms with E-state index in [9.17, 15) is 0 Å². The molecule has 0 heterocycles. The van der Waals surface area contributed by atoms with Crippen LogP contribution in [-0.2, 0) is 0 Å². The van der Waals surface area contributed by atoms with Crippen LogP contribution in [0.25, 0.3) is 0 Å². The van der Waals surface area contributed by atoms with Gasteiger partial charge in [-0.05, 0) is 44.7 Å². The van der Waals surface area contributed by atoms with E-state index in [4.69, 9.17) is 5.11 Å². The van der Waals surface area contributed by atoms with Crippen LogP contribution in [0.3, 0.4) is 0 Å². The third-order valence-corrected chi connectivity index (χ3v) is 3.27. The molecule has 0 rings (SSSR count). The molecule has 3 heteroatoms. The van der Waals surface area contributed by atoms with Gasteiger partial charge in [-0.1, -0.05) is 6.42 Å². The molecule has 0 bridgehead atoms. The zero-order chi connectivity index (χ0) is 9.94. The zero-order valence-electron chi connectivity index (χ0n) is 8.88. The van der Waals surface area contributed by atoms with Crippen molar-refractivity contribution in [3.8, 4) is 0 Å². The first kappa shape index (κ1) is 13.3. The van der Waals surface area contributed by atoms with Crippen molar-refractivity contribution in [3.05, 3.63) is 0 Å². The van der Waals surface area contributed by atoms with Crippen molar-refractivity contribution in [3.63, 3.8) is 0 Å². The largest absolute Gasteiger partial charge is 0.396 e. The molecule has 1 unspecified atom stereocenters. The molecular formula is C10H23NOS. The fraction of sp³-hybridized carbons (Fsp3) is 1.00. The van der Waals surface area contributed by atoms with Gasteiger partial charge in [-0.15, -0.1) is 0 Å². The van der Waals surface area contributed by atoms with Crippen LogP contribution in [0.4, 0.5) is 0 Å². The predicted octanol–water partition coefficient (Wildman–Crippen LogP) is 1.88. The molecule has 13 heavy (non-hydrogen) atoms. The van der Waals surface area contributed by atoms with Crippen LogP contribution in [0, 0.1) is 0 Å². The lowest BCUT2D eigenvalue weighted by Crippen LogP contribution is -2.20. The highest BCUT2D eigenvalue weighted by atomic mass is 32.2. The molecule has 80 valence electrons. The van der Waals surface area contributed by atoms with E-state index in [-0.39, 0.29) is 0 Å². The SMILES string of the molecule is CNC(C)CCCCSCCCO. The Labute approximate surface area is 86.5 Å². The molecule has 0 aromatic rings. The number of thioether (sulfide) groups is 1. The van der Waals surface area contributed by atoms with Crippen LogP contribution in [0.15, 0.2) is 0 Å². The molecule has 0 aliphatic heterocycles. The van der Waals surface area contributed by atoms with E-state index in [1.54, 1.807) is 0 Å². The Balaban J connectivity index is 2.91. The standard InChI is InChI=1S/C10H23NOS/c1-10(11-2)6-3-4-8-13-9-5-7-12/h10-12H,3-9H2,1-2H3. The van der Waals surface area contributed by atoms with E-state index in [1.807, 2.05) is 18.8 Å². The van der Waals surface area contributed by atoms with Gasteiger partial charge in [-0.25, -0.2) is 0 Å². The van der Waals surface area contributed by atoms with E-state index < -0.39 is 0 Å². The van der Waals surface area contributed by atoms with E-state index in [1.165, 1.54) is 25.0 Å². The maximum Gasteiger partial charge on any atom is 0.0438 e. The molecule has 1 atom stereocenters. The minimum absolute atomic E-state index is 0.337. The second-order valence-corrected chi connectivity index (χ2v) is 4.60. The summed E-state index contributed by atoms with van der Waals surface area (Å²) in [6.45, 7) is 2.56. The van der Waals surface area contributed by atoms with Crippen molar-refractivity contribution in [1.29, 1.82) is 0 Å². The molecule has 2 nitrogen and oxygen atoms in total. The summed E-state index contributed by atoms with van der Waals surface area (Å²) in [5, 5.41) is 11.8. The Bertz CT molecular complexity index is 101. The van der Waals surface area contributed by atoms with E-state index >= 15 is 0 Å². The minimum Gasteiger partial charge on any atom is -0.396 e. The number of hydrogen-bond acceptors (Lipinski definition) is 3. The molecular weight excluding hydrogens is 182 g/mol. The lowest BCUT2D eigenvalue weighted by molar-refractivity contribution is 0.296. The van der Waals surface area contributed by atoms with Gasteiger partial charge in [0, 0.05) is 12.6 Å². The Morgan fingerprint density at radius 3 is 2.54 bits per heavy atom. The van der Waals surface area contributed by atoms with Crippen molar-refractivity contribution >= 4 is 11.8 Å². The number of aliphatic hydroxyl groups is 1. The van der Waals surface area contributed by atoms with Crippen molar-refractivity contribution in [2.75, 3.05) is 25.2 Å². The van der Waals surface area contributed by atoms with Crippen molar-refractivity contribution in [2.24, 2.45) is 0 Å². The van der Waals surface area contributed by atoms with Gasteiger partial charge < -0.3 is 10.4 Å². The van der Waals surface area contributed by atoms with Crippen molar-refractivity contribution in [2.45, 2.75) is 38.6 Å². The summed E-state index contributed by atoms with van der Waals surface area (Å²) in [5.74, 6) is 2.36. The summed E-state index contributed by atoms with van der Waals surface area (Å²) < 4.78 is 0. The smallest absolute Gasteiger partial charge is 0.0438 e. The molecule has 0 radical (unpaired) electrons. The Kier molecular flexibility index (Phi) is 10.6. The Morgan fingerprint density at radius 2 is 1.92 bits per heavy atom. The van der Waals surface area contributed by atoms with Crippen LogP contribution in [0.1, 0.15) is 32.6 Å². The number of nitrogens with one attached hydrogen (secondary N) is 1. The van der Waals surface area contributed by atoms with Gasteiger partial charge in [-0.2, -0.15) is 11.8 Å². The molecule has 0 aromatic heterocycles. The Morgan fingerprint density at radius 1 is 1.23 bits per heavy atom. The first-order valence-corrected chi connectivity index (χ1v) is 6.32. The van der Waals surface area contributed by atoms with Gasteiger partial charge in [0.05, 0.1) is 0 Å². The van der Waals surface area contributed by atoms with Crippen LogP contribution in [0.2, 0.25) is 0 Å². The van der Waals surface area contributed by atoms with Gasteiger partial charge in [0.15, 0.2) is 0 Å². The van der Waals surface area contributed by atoms with Gasteiger partial charge in [-0.3, -0.25) is 0 Å². The summed E-state index contributed by atoms with van der Waals surface area (Å²) >= 11 is 1.96. The molecule has 2 N–H and O–H groups in total. The highest BCUT2D eigenvalue weighted by Crippen LogP contribution is 2.08. The Hall–Kier alpha value is 0.270. The third kappa shape index (κ3) is 10.2. The number of rotatable bonds is 9. The van der Waals surface area contributed by atoms with Crippen LogP contribution in [-0.4, -0.2) is 36.3 Å². The van der Waals surface area contributed by atoms with E-state index in [0.29, 0.717) is 12.6 Å². The summed E-state index contributed by atoms with van der Waals surface area (Å²) in [4.78, 5) is 0. The molecule has 0 fully saturated rings. The second-order valence-electron chi connectivity index (χ2n) is 3.38. The molecule has 0 aliphatic rings. The normalized spacial score (nSPS) is 13.2. The summed E-state index contributed by atoms with van der Waals surface area (Å²) in [6, 6.07) is 0.655. The first-order chi connectivity index (χ1) is 6.31. The number of hydrogen-bond donors (Lipinski definition) is 2. The highest BCUT2D eigenvalue weighted by Gasteiger charge is 1.97. The van der Waals surface area contributed by atoms with Crippen LogP contribution >= 0.6 is 11.8 Å². The fourth-order valence-electron chi connectivity index (χ4n) is 1.07. The molecule has 0 aromatic carbocycles. The molecule has 0 saturated carbocycles. The summed E-state index contributed by atoms with van der Waals surface area (Å²) in [7, 11) is 2.01. The molecule has 0 spiro atoms. The van der Waals surface area contributed by atoms with Gasteiger partial charge in [0.1, 0.15) is 0 Å². The van der Waals surface area contributed by atoms with Crippen LogP contribution in [0.5, 0.6) is 0 Å².